The number of thioether (sulfide) groups is 1. The van der Waals surface area contributed by atoms with Crippen LogP contribution in [0.2, 0.25) is 0 Å². The van der Waals surface area contributed by atoms with E-state index in [1.807, 2.05) is 0 Å². The van der Waals surface area contributed by atoms with Crippen molar-refractivity contribution >= 4 is 17.5 Å². The number of ketones is 1. The number of Topliss-reactive ketones (excluding diaryl/α,β-unsaturated/α-hetero) is 1. The largest absolute Gasteiger partial charge is 0.300 e. The van der Waals surface area contributed by atoms with E-state index < -0.39 is 0 Å². The molecule has 15 heavy (non-hydrogen) atoms. The van der Waals surface area contributed by atoms with Gasteiger partial charge in [-0.15, -0.1) is 0 Å². The summed E-state index contributed by atoms with van der Waals surface area (Å²) in [7, 11) is 0. The minimum Gasteiger partial charge on any atom is -0.300 e. The molecule has 1 atom stereocenters. The third-order valence-electron chi connectivity index (χ3n) is 2.98. The van der Waals surface area contributed by atoms with Crippen molar-refractivity contribution < 1.29 is 4.79 Å². The molecule has 1 fully saturated rings. The Hall–Kier alpha value is -0.840. The lowest BCUT2D eigenvalue weighted by Gasteiger charge is -2.36. The summed E-state index contributed by atoms with van der Waals surface area (Å²) < 4.78 is 0. The summed E-state index contributed by atoms with van der Waals surface area (Å²) in [5, 5.41) is 7.76. The van der Waals surface area contributed by atoms with E-state index in [-0.39, 0.29) is 5.41 Å². The van der Waals surface area contributed by atoms with E-state index in [0.29, 0.717) is 17.5 Å². The topological polar surface area (TPSA) is 58.6 Å². The highest BCUT2D eigenvalue weighted by atomic mass is 32.2. The van der Waals surface area contributed by atoms with E-state index in [1.54, 1.807) is 11.8 Å². The molecule has 0 amide bonds. The maximum Gasteiger partial charge on any atom is 0.183 e. The average Bonchev–Trinajstić information content (AvgIpc) is 2.65. The minimum absolute atomic E-state index is 0.200. The van der Waals surface area contributed by atoms with Crippen LogP contribution < -0.4 is 0 Å². The first-order valence-corrected chi connectivity index (χ1v) is 5.99. The Bertz CT molecular complexity index is 348. The van der Waals surface area contributed by atoms with Crippen molar-refractivity contribution in [3.63, 3.8) is 0 Å². The first-order chi connectivity index (χ1) is 7.08. The molecule has 1 aromatic rings. The van der Waals surface area contributed by atoms with E-state index in [2.05, 4.69) is 29.0 Å². The fourth-order valence-corrected chi connectivity index (χ4v) is 2.98. The molecular weight excluding hydrogens is 210 g/mol. The standard InChI is InChI=1S/C10H15N3OS/c1-10(2)4-3-7(14)5-8(10)15-9-11-6-12-13-9/h6,8H,3-5H2,1-2H3,(H,11,12,13). The normalized spacial score (nSPS) is 25.5. The highest BCUT2D eigenvalue weighted by Crippen LogP contribution is 2.43. The molecule has 82 valence electrons. The maximum absolute atomic E-state index is 11.4. The number of rotatable bonds is 2. The lowest BCUT2D eigenvalue weighted by Crippen LogP contribution is -2.34. The Morgan fingerprint density at radius 2 is 2.40 bits per heavy atom. The number of carbonyl (C=O) groups is 1. The molecule has 0 aromatic carbocycles. The first kappa shape index (κ1) is 10.7. The van der Waals surface area contributed by atoms with Gasteiger partial charge >= 0.3 is 0 Å². The second-order valence-electron chi connectivity index (χ2n) is 4.63. The molecule has 0 aliphatic heterocycles. The number of nitrogens with zero attached hydrogens (tertiary/aromatic N) is 2. The van der Waals surface area contributed by atoms with Crippen LogP contribution in [0.1, 0.15) is 33.1 Å². The van der Waals surface area contributed by atoms with Gasteiger partial charge in [-0.2, -0.15) is 5.10 Å². The third kappa shape index (κ3) is 2.40. The van der Waals surface area contributed by atoms with Crippen LogP contribution >= 0.6 is 11.8 Å². The quantitative estimate of drug-likeness (QED) is 0.836. The minimum atomic E-state index is 0.200. The molecule has 0 saturated heterocycles. The van der Waals surface area contributed by atoms with Crippen LogP contribution in [0.5, 0.6) is 0 Å². The van der Waals surface area contributed by atoms with Gasteiger partial charge in [-0.3, -0.25) is 9.89 Å². The van der Waals surface area contributed by atoms with Gasteiger partial charge < -0.3 is 0 Å². The SMILES string of the molecule is CC1(C)CCC(=O)CC1Sc1ncn[nH]1. The van der Waals surface area contributed by atoms with Gasteiger partial charge in [-0.25, -0.2) is 4.98 Å². The number of nitrogens with one attached hydrogen (secondary N) is 1. The fourth-order valence-electron chi connectivity index (χ4n) is 1.79. The molecule has 1 unspecified atom stereocenters. The van der Waals surface area contributed by atoms with Crippen LogP contribution in [0, 0.1) is 5.41 Å². The molecule has 1 aliphatic carbocycles. The van der Waals surface area contributed by atoms with Crippen molar-refractivity contribution in [1.29, 1.82) is 0 Å². The number of carbonyl (C=O) groups excluding carboxylic acids is 1. The van der Waals surface area contributed by atoms with E-state index in [1.165, 1.54) is 6.33 Å². The van der Waals surface area contributed by atoms with Crippen LogP contribution in [0.25, 0.3) is 0 Å². The van der Waals surface area contributed by atoms with Gasteiger partial charge in [-0.1, -0.05) is 25.6 Å². The lowest BCUT2D eigenvalue weighted by atomic mass is 9.76. The Labute approximate surface area is 93.2 Å². The average molecular weight is 225 g/mol. The monoisotopic (exact) mass is 225 g/mol. The zero-order valence-corrected chi connectivity index (χ0v) is 9.80. The molecule has 0 radical (unpaired) electrons. The molecule has 1 heterocycles. The molecular formula is C10H15N3OS. The lowest BCUT2D eigenvalue weighted by molar-refractivity contribution is -0.121. The van der Waals surface area contributed by atoms with Crippen molar-refractivity contribution in [3.05, 3.63) is 6.33 Å². The Morgan fingerprint density at radius 3 is 3.07 bits per heavy atom. The summed E-state index contributed by atoms with van der Waals surface area (Å²) in [4.78, 5) is 15.5. The number of aromatic nitrogens is 3. The van der Waals surface area contributed by atoms with Gasteiger partial charge in [0.1, 0.15) is 12.1 Å². The smallest absolute Gasteiger partial charge is 0.183 e. The maximum atomic E-state index is 11.4. The van der Waals surface area contributed by atoms with Crippen molar-refractivity contribution in [2.75, 3.05) is 0 Å². The van der Waals surface area contributed by atoms with Crippen LogP contribution in [0.15, 0.2) is 11.5 Å². The highest BCUT2D eigenvalue weighted by Gasteiger charge is 2.36. The predicted molar refractivity (Wildman–Crippen MR) is 58.7 cm³/mol. The molecule has 0 bridgehead atoms. The summed E-state index contributed by atoms with van der Waals surface area (Å²) >= 11 is 1.63. The van der Waals surface area contributed by atoms with E-state index in [4.69, 9.17) is 0 Å². The molecule has 1 aromatic heterocycles. The third-order valence-corrected chi connectivity index (χ3v) is 4.49. The van der Waals surface area contributed by atoms with Crippen molar-refractivity contribution in [2.24, 2.45) is 5.41 Å². The number of aromatic amines is 1. The second-order valence-corrected chi connectivity index (χ2v) is 5.82. The number of H-pyrrole nitrogens is 1. The van der Waals surface area contributed by atoms with E-state index in [0.717, 1.165) is 18.0 Å². The van der Waals surface area contributed by atoms with Gasteiger partial charge in [-0.05, 0) is 11.8 Å². The van der Waals surface area contributed by atoms with Crippen LogP contribution in [0.3, 0.4) is 0 Å². The Morgan fingerprint density at radius 1 is 1.60 bits per heavy atom. The molecule has 5 heteroatoms. The molecule has 1 N–H and O–H groups in total. The number of hydrogen-bond acceptors (Lipinski definition) is 4. The fraction of sp³-hybridized carbons (Fsp3) is 0.700. The molecule has 1 aliphatic rings. The zero-order chi connectivity index (χ0) is 10.9. The summed E-state index contributed by atoms with van der Waals surface area (Å²) in [5.74, 6) is 0.367. The summed E-state index contributed by atoms with van der Waals surface area (Å²) in [6, 6.07) is 0. The Kier molecular flexibility index (Phi) is 2.82. The summed E-state index contributed by atoms with van der Waals surface area (Å²) in [5.41, 5.74) is 0.200. The van der Waals surface area contributed by atoms with Crippen LogP contribution in [-0.4, -0.2) is 26.2 Å². The van der Waals surface area contributed by atoms with Gasteiger partial charge in [0.2, 0.25) is 0 Å². The van der Waals surface area contributed by atoms with Crippen LogP contribution in [-0.2, 0) is 4.79 Å². The molecule has 4 nitrogen and oxygen atoms in total. The summed E-state index contributed by atoms with van der Waals surface area (Å²) in [6.45, 7) is 4.43. The number of hydrogen-bond donors (Lipinski definition) is 1. The van der Waals surface area contributed by atoms with Crippen molar-refractivity contribution in [2.45, 2.75) is 43.5 Å². The highest BCUT2D eigenvalue weighted by molar-refractivity contribution is 7.99. The molecule has 1 saturated carbocycles. The molecule has 0 spiro atoms. The summed E-state index contributed by atoms with van der Waals surface area (Å²) in [6.07, 6.45) is 3.84. The van der Waals surface area contributed by atoms with Gasteiger partial charge in [0, 0.05) is 18.1 Å². The van der Waals surface area contributed by atoms with E-state index >= 15 is 0 Å². The van der Waals surface area contributed by atoms with Crippen molar-refractivity contribution in [1.82, 2.24) is 15.2 Å². The first-order valence-electron chi connectivity index (χ1n) is 5.12. The van der Waals surface area contributed by atoms with Crippen LogP contribution in [0.4, 0.5) is 0 Å². The van der Waals surface area contributed by atoms with Gasteiger partial charge in [0.15, 0.2) is 5.16 Å². The molecule has 2 rings (SSSR count). The van der Waals surface area contributed by atoms with E-state index in [9.17, 15) is 4.79 Å². The Balaban J connectivity index is 2.08. The van der Waals surface area contributed by atoms with Crippen molar-refractivity contribution in [3.8, 4) is 0 Å². The predicted octanol–water partition coefficient (Wildman–Crippen LogP) is 2.04. The zero-order valence-electron chi connectivity index (χ0n) is 8.99. The van der Waals surface area contributed by atoms with Gasteiger partial charge in [0.25, 0.3) is 0 Å². The second kappa shape index (κ2) is 3.96. The van der Waals surface area contributed by atoms with Gasteiger partial charge in [0.05, 0.1) is 0 Å².